The molecule has 1 saturated heterocycles. The molecule has 1 aromatic carbocycles. The molecule has 1 aromatic heterocycles. The highest BCUT2D eigenvalue weighted by Crippen LogP contribution is 2.25. The number of carbonyl (C=O) groups excluding carboxylic acids is 1. The third kappa shape index (κ3) is 2.84. The summed E-state index contributed by atoms with van der Waals surface area (Å²) in [4.78, 5) is 18.3. The highest BCUT2D eigenvalue weighted by Gasteiger charge is 2.25. The van der Waals surface area contributed by atoms with Crippen molar-refractivity contribution in [1.29, 1.82) is 0 Å². The summed E-state index contributed by atoms with van der Waals surface area (Å²) in [6, 6.07) is 10.6. The van der Waals surface area contributed by atoms with Crippen molar-refractivity contribution >= 4 is 22.5 Å². The number of benzene rings is 1. The van der Waals surface area contributed by atoms with Crippen molar-refractivity contribution in [2.45, 2.75) is 32.7 Å². The molecule has 110 valence electrons. The second-order valence-electron chi connectivity index (χ2n) is 5.65. The standard InChI is InChI=1S/C17H21N3O/c1-3-17(21)20-9-8-13(11-20)19-16-10-12(2)18-15-7-5-4-6-14(15)16/h4-7,10,13H,3,8-9,11H2,1-2H3,(H,18,19)/t13-/m0/s1. The van der Waals surface area contributed by atoms with Gasteiger partial charge in [0.25, 0.3) is 0 Å². The first-order chi connectivity index (χ1) is 10.2. The summed E-state index contributed by atoms with van der Waals surface area (Å²) in [6.45, 7) is 5.58. The fourth-order valence-corrected chi connectivity index (χ4v) is 2.98. The summed E-state index contributed by atoms with van der Waals surface area (Å²) in [7, 11) is 0. The zero-order chi connectivity index (χ0) is 14.8. The summed E-state index contributed by atoms with van der Waals surface area (Å²) in [6.07, 6.45) is 1.59. The van der Waals surface area contributed by atoms with Gasteiger partial charge in [0.05, 0.1) is 5.52 Å². The number of aromatic nitrogens is 1. The van der Waals surface area contributed by atoms with E-state index in [4.69, 9.17) is 0 Å². The van der Waals surface area contributed by atoms with Gasteiger partial charge in [-0.15, -0.1) is 0 Å². The number of nitrogens with one attached hydrogen (secondary N) is 1. The summed E-state index contributed by atoms with van der Waals surface area (Å²) in [5.41, 5.74) is 3.14. The van der Waals surface area contributed by atoms with Crippen molar-refractivity contribution < 1.29 is 4.79 Å². The Bertz CT molecular complexity index is 668. The van der Waals surface area contributed by atoms with E-state index >= 15 is 0 Å². The predicted octanol–water partition coefficient (Wildman–Crippen LogP) is 2.97. The molecule has 1 fully saturated rings. The lowest BCUT2D eigenvalue weighted by Crippen LogP contribution is -2.31. The molecule has 2 aromatic rings. The zero-order valence-corrected chi connectivity index (χ0v) is 12.6. The minimum absolute atomic E-state index is 0.245. The Morgan fingerprint density at radius 2 is 2.24 bits per heavy atom. The Hall–Kier alpha value is -2.10. The van der Waals surface area contributed by atoms with Crippen LogP contribution >= 0.6 is 0 Å². The van der Waals surface area contributed by atoms with Crippen LogP contribution in [0.3, 0.4) is 0 Å². The van der Waals surface area contributed by atoms with E-state index in [2.05, 4.69) is 22.4 Å². The van der Waals surface area contributed by atoms with Crippen LogP contribution in [0.2, 0.25) is 0 Å². The monoisotopic (exact) mass is 283 g/mol. The summed E-state index contributed by atoms with van der Waals surface area (Å²) >= 11 is 0. The molecule has 0 spiro atoms. The molecule has 0 bridgehead atoms. The second-order valence-corrected chi connectivity index (χ2v) is 5.65. The Morgan fingerprint density at radius 3 is 3.05 bits per heavy atom. The Morgan fingerprint density at radius 1 is 1.43 bits per heavy atom. The number of rotatable bonds is 3. The van der Waals surface area contributed by atoms with Crippen LogP contribution in [0.4, 0.5) is 5.69 Å². The molecule has 0 unspecified atom stereocenters. The molecule has 1 N–H and O–H groups in total. The number of carbonyl (C=O) groups is 1. The van der Waals surface area contributed by atoms with Crippen molar-refractivity contribution in [3.63, 3.8) is 0 Å². The van der Waals surface area contributed by atoms with Gasteiger partial charge in [-0.1, -0.05) is 25.1 Å². The number of hydrogen-bond acceptors (Lipinski definition) is 3. The van der Waals surface area contributed by atoms with E-state index < -0.39 is 0 Å². The van der Waals surface area contributed by atoms with E-state index in [-0.39, 0.29) is 5.91 Å². The van der Waals surface area contributed by atoms with Crippen LogP contribution < -0.4 is 5.32 Å². The van der Waals surface area contributed by atoms with Gasteiger partial charge in [-0.2, -0.15) is 0 Å². The molecular formula is C17H21N3O. The lowest BCUT2D eigenvalue weighted by Gasteiger charge is -2.18. The van der Waals surface area contributed by atoms with Gasteiger partial charge in [-0.05, 0) is 25.5 Å². The third-order valence-corrected chi connectivity index (χ3v) is 4.05. The maximum atomic E-state index is 11.8. The van der Waals surface area contributed by atoms with Gasteiger partial charge >= 0.3 is 0 Å². The Kier molecular flexibility index (Phi) is 3.78. The maximum absolute atomic E-state index is 11.8. The number of amides is 1. The van der Waals surface area contributed by atoms with Crippen molar-refractivity contribution in [3.8, 4) is 0 Å². The molecule has 4 heteroatoms. The average molecular weight is 283 g/mol. The predicted molar refractivity (Wildman–Crippen MR) is 85.4 cm³/mol. The lowest BCUT2D eigenvalue weighted by atomic mass is 10.1. The van der Waals surface area contributed by atoms with E-state index in [9.17, 15) is 4.79 Å². The quantitative estimate of drug-likeness (QED) is 0.942. The van der Waals surface area contributed by atoms with Gasteiger partial charge in [0, 0.05) is 42.3 Å². The molecule has 3 rings (SSSR count). The van der Waals surface area contributed by atoms with Crippen molar-refractivity contribution in [2.24, 2.45) is 0 Å². The molecule has 0 saturated carbocycles. The summed E-state index contributed by atoms with van der Waals surface area (Å²) in [5, 5.41) is 4.74. The molecule has 21 heavy (non-hydrogen) atoms. The third-order valence-electron chi connectivity index (χ3n) is 4.05. The van der Waals surface area contributed by atoms with Crippen LogP contribution in [0.5, 0.6) is 0 Å². The Balaban J connectivity index is 1.81. The van der Waals surface area contributed by atoms with Gasteiger partial charge < -0.3 is 10.2 Å². The topological polar surface area (TPSA) is 45.2 Å². The van der Waals surface area contributed by atoms with E-state index in [0.717, 1.165) is 41.8 Å². The molecule has 0 aliphatic carbocycles. The largest absolute Gasteiger partial charge is 0.380 e. The number of para-hydroxylation sites is 1. The van der Waals surface area contributed by atoms with E-state index in [1.807, 2.05) is 36.9 Å². The molecule has 0 radical (unpaired) electrons. The molecule has 4 nitrogen and oxygen atoms in total. The van der Waals surface area contributed by atoms with Crippen LogP contribution in [0.25, 0.3) is 10.9 Å². The number of fused-ring (bicyclic) bond motifs is 1. The van der Waals surface area contributed by atoms with Crippen LogP contribution in [-0.4, -0.2) is 34.9 Å². The van der Waals surface area contributed by atoms with Crippen molar-refractivity contribution in [2.75, 3.05) is 18.4 Å². The zero-order valence-electron chi connectivity index (χ0n) is 12.6. The molecule has 1 atom stereocenters. The van der Waals surface area contributed by atoms with Gasteiger partial charge in [-0.3, -0.25) is 9.78 Å². The van der Waals surface area contributed by atoms with Gasteiger partial charge in [0.1, 0.15) is 0 Å². The van der Waals surface area contributed by atoms with Crippen LogP contribution in [-0.2, 0) is 4.79 Å². The average Bonchev–Trinajstić information content (AvgIpc) is 2.95. The minimum atomic E-state index is 0.245. The summed E-state index contributed by atoms with van der Waals surface area (Å²) < 4.78 is 0. The first-order valence-corrected chi connectivity index (χ1v) is 7.58. The molecular weight excluding hydrogens is 262 g/mol. The smallest absolute Gasteiger partial charge is 0.222 e. The fraction of sp³-hybridized carbons (Fsp3) is 0.412. The first-order valence-electron chi connectivity index (χ1n) is 7.58. The number of aryl methyl sites for hydroxylation is 1. The number of hydrogen-bond donors (Lipinski definition) is 1. The molecule has 2 heterocycles. The SMILES string of the molecule is CCC(=O)N1CC[C@H](Nc2cc(C)nc3ccccc23)C1. The number of likely N-dealkylation sites (tertiary alicyclic amines) is 1. The number of anilines is 1. The lowest BCUT2D eigenvalue weighted by molar-refractivity contribution is -0.129. The van der Waals surface area contributed by atoms with E-state index in [1.54, 1.807) is 0 Å². The highest BCUT2D eigenvalue weighted by atomic mass is 16.2. The minimum Gasteiger partial charge on any atom is -0.380 e. The van der Waals surface area contributed by atoms with E-state index in [1.165, 1.54) is 0 Å². The van der Waals surface area contributed by atoms with Crippen molar-refractivity contribution in [3.05, 3.63) is 36.0 Å². The normalized spacial score (nSPS) is 18.2. The highest BCUT2D eigenvalue weighted by molar-refractivity contribution is 5.91. The molecule has 1 amide bonds. The van der Waals surface area contributed by atoms with Crippen LogP contribution in [0, 0.1) is 6.92 Å². The van der Waals surface area contributed by atoms with E-state index in [0.29, 0.717) is 12.5 Å². The van der Waals surface area contributed by atoms with Gasteiger partial charge in [0.15, 0.2) is 0 Å². The Labute approximate surface area is 125 Å². The van der Waals surface area contributed by atoms with Crippen LogP contribution in [0.1, 0.15) is 25.5 Å². The van der Waals surface area contributed by atoms with Gasteiger partial charge in [0.2, 0.25) is 5.91 Å². The van der Waals surface area contributed by atoms with Crippen molar-refractivity contribution in [1.82, 2.24) is 9.88 Å². The van der Waals surface area contributed by atoms with Gasteiger partial charge in [-0.25, -0.2) is 0 Å². The maximum Gasteiger partial charge on any atom is 0.222 e. The fourth-order valence-electron chi connectivity index (χ4n) is 2.98. The van der Waals surface area contributed by atoms with Crippen LogP contribution in [0.15, 0.2) is 30.3 Å². The molecule has 1 aliphatic rings. The number of nitrogens with zero attached hydrogens (tertiary/aromatic N) is 2. The first kappa shape index (κ1) is 13.9. The molecule has 1 aliphatic heterocycles. The number of pyridine rings is 1. The second kappa shape index (κ2) is 5.72. The summed E-state index contributed by atoms with van der Waals surface area (Å²) in [5.74, 6) is 0.245.